The number of aromatic nitrogens is 4. The van der Waals surface area contributed by atoms with Gasteiger partial charge in [-0.25, -0.2) is 0 Å². The van der Waals surface area contributed by atoms with Crippen LogP contribution in [0.25, 0.3) is 11.5 Å². The number of hydrogen-bond acceptors (Lipinski definition) is 6. The van der Waals surface area contributed by atoms with Gasteiger partial charge in [-0.2, -0.15) is 0 Å². The summed E-state index contributed by atoms with van der Waals surface area (Å²) in [4.78, 5) is 8.47. The predicted octanol–water partition coefficient (Wildman–Crippen LogP) is 2.12. The zero-order valence-corrected chi connectivity index (χ0v) is 11.7. The van der Waals surface area contributed by atoms with Gasteiger partial charge >= 0.3 is 0 Å². The number of rotatable bonds is 5. The summed E-state index contributed by atoms with van der Waals surface area (Å²) >= 11 is 0. The van der Waals surface area contributed by atoms with Crippen LogP contribution >= 0.6 is 0 Å². The van der Waals surface area contributed by atoms with E-state index in [1.54, 1.807) is 12.4 Å². The first-order chi connectivity index (χ1) is 10.3. The van der Waals surface area contributed by atoms with Crippen LogP contribution < -0.4 is 5.32 Å². The monoisotopic (exact) mass is 281 g/mol. The topological polar surface area (TPSA) is 76.7 Å². The first-order valence-corrected chi connectivity index (χ1v) is 6.67. The summed E-state index contributed by atoms with van der Waals surface area (Å²) in [7, 11) is 0. The van der Waals surface area contributed by atoms with Crippen molar-refractivity contribution in [1.29, 1.82) is 0 Å². The second-order valence-corrected chi connectivity index (χ2v) is 4.62. The van der Waals surface area contributed by atoms with Crippen LogP contribution in [0.5, 0.6) is 0 Å². The van der Waals surface area contributed by atoms with Crippen molar-refractivity contribution in [2.45, 2.75) is 20.0 Å². The van der Waals surface area contributed by atoms with Crippen LogP contribution in [-0.4, -0.2) is 20.2 Å². The van der Waals surface area contributed by atoms with E-state index >= 15 is 0 Å². The van der Waals surface area contributed by atoms with Crippen LogP contribution in [0.15, 0.2) is 47.1 Å². The van der Waals surface area contributed by atoms with Gasteiger partial charge in [0.25, 0.3) is 0 Å². The van der Waals surface area contributed by atoms with E-state index in [4.69, 9.17) is 4.42 Å². The molecule has 2 aromatic heterocycles. The Labute approximate surface area is 122 Å². The Morgan fingerprint density at radius 1 is 1.00 bits per heavy atom. The lowest BCUT2D eigenvalue weighted by Gasteiger charge is -2.01. The fourth-order valence-corrected chi connectivity index (χ4v) is 1.83. The van der Waals surface area contributed by atoms with Crippen molar-refractivity contribution in [1.82, 2.24) is 25.5 Å². The number of nitrogens with one attached hydrogen (secondary N) is 1. The maximum atomic E-state index is 5.61. The Kier molecular flexibility index (Phi) is 3.97. The lowest BCUT2D eigenvalue weighted by Crippen LogP contribution is -2.14. The van der Waals surface area contributed by atoms with Crippen LogP contribution in [0.2, 0.25) is 0 Å². The molecule has 106 valence electrons. The molecular weight excluding hydrogens is 266 g/mol. The molecule has 0 aliphatic heterocycles. The van der Waals surface area contributed by atoms with Gasteiger partial charge in [0.05, 0.1) is 17.9 Å². The minimum Gasteiger partial charge on any atom is -0.419 e. The molecule has 0 saturated heterocycles. The number of nitrogens with zero attached hydrogens (tertiary/aromatic N) is 4. The van der Waals surface area contributed by atoms with Crippen molar-refractivity contribution in [3.05, 3.63) is 60.0 Å². The molecule has 3 aromatic rings. The molecule has 6 nitrogen and oxygen atoms in total. The van der Waals surface area contributed by atoms with Crippen molar-refractivity contribution in [3.63, 3.8) is 0 Å². The molecule has 21 heavy (non-hydrogen) atoms. The van der Waals surface area contributed by atoms with Crippen molar-refractivity contribution in [2.24, 2.45) is 0 Å². The molecule has 0 aliphatic rings. The first-order valence-electron chi connectivity index (χ1n) is 6.67. The third kappa shape index (κ3) is 3.49. The van der Waals surface area contributed by atoms with Gasteiger partial charge in [0.2, 0.25) is 11.8 Å². The minimum atomic E-state index is 0.495. The molecule has 3 rings (SSSR count). The van der Waals surface area contributed by atoms with Gasteiger partial charge in [0.15, 0.2) is 0 Å². The van der Waals surface area contributed by atoms with Gasteiger partial charge < -0.3 is 9.73 Å². The normalized spacial score (nSPS) is 10.7. The van der Waals surface area contributed by atoms with Gasteiger partial charge in [-0.1, -0.05) is 18.2 Å². The van der Waals surface area contributed by atoms with E-state index < -0.39 is 0 Å². The smallest absolute Gasteiger partial charge is 0.247 e. The van der Waals surface area contributed by atoms with E-state index in [1.807, 2.05) is 37.3 Å². The molecule has 0 atom stereocenters. The van der Waals surface area contributed by atoms with Crippen molar-refractivity contribution < 1.29 is 4.42 Å². The van der Waals surface area contributed by atoms with Crippen LogP contribution in [0.3, 0.4) is 0 Å². The van der Waals surface area contributed by atoms with Gasteiger partial charge in [-0.15, -0.1) is 10.2 Å². The molecule has 0 fully saturated rings. The Hall–Kier alpha value is -2.60. The lowest BCUT2D eigenvalue weighted by molar-refractivity contribution is 0.476. The van der Waals surface area contributed by atoms with E-state index in [1.165, 1.54) is 0 Å². The van der Waals surface area contributed by atoms with Crippen molar-refractivity contribution in [3.8, 4) is 11.5 Å². The van der Waals surface area contributed by atoms with E-state index in [0.717, 1.165) is 17.0 Å². The molecule has 0 amide bonds. The minimum absolute atomic E-state index is 0.495. The molecule has 0 bridgehead atoms. The highest BCUT2D eigenvalue weighted by atomic mass is 16.4. The van der Waals surface area contributed by atoms with Gasteiger partial charge in [-0.3, -0.25) is 9.97 Å². The Bertz CT molecular complexity index is 694. The molecule has 6 heteroatoms. The standard InChI is InChI=1S/C15H15N5O/c1-11-7-18-13(9-17-11)8-16-10-14-19-20-15(21-14)12-5-3-2-4-6-12/h2-7,9,16H,8,10H2,1H3. The third-order valence-electron chi connectivity index (χ3n) is 2.90. The summed E-state index contributed by atoms with van der Waals surface area (Å²) in [6, 6.07) is 9.70. The lowest BCUT2D eigenvalue weighted by atomic mass is 10.2. The quantitative estimate of drug-likeness (QED) is 0.772. The van der Waals surface area contributed by atoms with E-state index in [9.17, 15) is 0 Å². The number of benzene rings is 1. The SMILES string of the molecule is Cc1cnc(CNCc2nnc(-c3ccccc3)o2)cn1. The Balaban J connectivity index is 1.57. The van der Waals surface area contributed by atoms with Crippen LogP contribution in [0.1, 0.15) is 17.3 Å². The number of aryl methyl sites for hydroxylation is 1. The predicted molar refractivity (Wildman–Crippen MR) is 77.0 cm³/mol. The van der Waals surface area contributed by atoms with Crippen LogP contribution in [-0.2, 0) is 13.1 Å². The maximum absolute atomic E-state index is 5.61. The summed E-state index contributed by atoms with van der Waals surface area (Å²) in [6.07, 6.45) is 3.50. The largest absolute Gasteiger partial charge is 0.419 e. The van der Waals surface area contributed by atoms with Crippen molar-refractivity contribution in [2.75, 3.05) is 0 Å². The van der Waals surface area contributed by atoms with Crippen LogP contribution in [0.4, 0.5) is 0 Å². The van der Waals surface area contributed by atoms with Crippen LogP contribution in [0, 0.1) is 6.92 Å². The molecule has 2 heterocycles. The third-order valence-corrected chi connectivity index (χ3v) is 2.90. The number of hydrogen-bond donors (Lipinski definition) is 1. The average Bonchev–Trinajstić information content (AvgIpc) is 2.99. The Morgan fingerprint density at radius 2 is 1.86 bits per heavy atom. The summed E-state index contributed by atoms with van der Waals surface area (Å²) in [6.45, 7) is 3.01. The highest BCUT2D eigenvalue weighted by molar-refractivity contribution is 5.51. The summed E-state index contributed by atoms with van der Waals surface area (Å²) in [5, 5.41) is 11.3. The summed E-state index contributed by atoms with van der Waals surface area (Å²) in [5.41, 5.74) is 2.70. The molecule has 0 unspecified atom stereocenters. The fraction of sp³-hybridized carbons (Fsp3) is 0.200. The van der Waals surface area contributed by atoms with Gasteiger partial charge in [0, 0.05) is 24.5 Å². The zero-order valence-electron chi connectivity index (χ0n) is 11.7. The molecule has 1 aromatic carbocycles. The molecular formula is C15H15N5O. The first kappa shape index (κ1) is 13.4. The highest BCUT2D eigenvalue weighted by Gasteiger charge is 2.07. The molecule has 0 spiro atoms. The van der Waals surface area contributed by atoms with E-state index in [-0.39, 0.29) is 0 Å². The molecule has 0 saturated carbocycles. The Morgan fingerprint density at radius 3 is 2.62 bits per heavy atom. The second kappa shape index (κ2) is 6.23. The molecule has 0 aliphatic carbocycles. The zero-order chi connectivity index (χ0) is 14.5. The van der Waals surface area contributed by atoms with Gasteiger partial charge in [-0.05, 0) is 19.1 Å². The average molecular weight is 281 g/mol. The second-order valence-electron chi connectivity index (χ2n) is 4.62. The molecule has 1 N–H and O–H groups in total. The van der Waals surface area contributed by atoms with Gasteiger partial charge in [0.1, 0.15) is 0 Å². The summed E-state index contributed by atoms with van der Waals surface area (Å²) in [5.74, 6) is 1.08. The molecule has 0 radical (unpaired) electrons. The van der Waals surface area contributed by atoms with E-state index in [0.29, 0.717) is 24.9 Å². The summed E-state index contributed by atoms with van der Waals surface area (Å²) < 4.78 is 5.61. The van der Waals surface area contributed by atoms with Crippen molar-refractivity contribution >= 4 is 0 Å². The highest BCUT2D eigenvalue weighted by Crippen LogP contribution is 2.16. The fourth-order valence-electron chi connectivity index (χ4n) is 1.83. The van der Waals surface area contributed by atoms with E-state index in [2.05, 4.69) is 25.5 Å². The maximum Gasteiger partial charge on any atom is 0.247 e.